The van der Waals surface area contributed by atoms with Gasteiger partial charge in [-0.1, -0.05) is 6.07 Å². The van der Waals surface area contributed by atoms with Gasteiger partial charge >= 0.3 is 6.07 Å². The molecule has 0 radical (unpaired) electrons. The first-order chi connectivity index (χ1) is 6.36. The quantitative estimate of drug-likeness (QED) is 0.660. The number of ether oxygens (including phenoxy) is 1. The van der Waals surface area contributed by atoms with Gasteiger partial charge in [0, 0.05) is 12.1 Å². The SMILES string of the molecule is COCc1cccc(CC#[N+][O-])n1. The molecule has 0 saturated heterocycles. The van der Waals surface area contributed by atoms with Crippen molar-refractivity contribution in [3.63, 3.8) is 0 Å². The summed E-state index contributed by atoms with van der Waals surface area (Å²) in [5, 5.41) is 12.3. The van der Waals surface area contributed by atoms with Crippen molar-refractivity contribution in [1.29, 1.82) is 0 Å². The van der Waals surface area contributed by atoms with E-state index in [0.29, 0.717) is 13.0 Å². The maximum atomic E-state index is 9.78. The van der Waals surface area contributed by atoms with E-state index in [1.807, 2.05) is 18.2 Å². The van der Waals surface area contributed by atoms with Crippen LogP contribution in [0.5, 0.6) is 0 Å². The number of pyridine rings is 1. The molecule has 0 aliphatic carbocycles. The first kappa shape index (κ1) is 9.49. The highest BCUT2D eigenvalue weighted by Gasteiger charge is 1.98. The van der Waals surface area contributed by atoms with Gasteiger partial charge in [0.1, 0.15) is 6.42 Å². The van der Waals surface area contributed by atoms with Crippen molar-refractivity contribution in [3.8, 4) is 6.07 Å². The molecule has 0 aliphatic heterocycles. The molecular weight excluding hydrogens is 168 g/mol. The van der Waals surface area contributed by atoms with Crippen molar-refractivity contribution in [2.24, 2.45) is 0 Å². The van der Waals surface area contributed by atoms with Crippen LogP contribution in [-0.2, 0) is 17.8 Å². The summed E-state index contributed by atoms with van der Waals surface area (Å²) in [5.74, 6) is 0. The highest BCUT2D eigenvalue weighted by atomic mass is 16.5. The van der Waals surface area contributed by atoms with Crippen molar-refractivity contribution in [3.05, 3.63) is 39.8 Å². The molecular formula is C9H10N2O2. The molecule has 68 valence electrons. The second-order valence-corrected chi connectivity index (χ2v) is 2.48. The monoisotopic (exact) mass is 178 g/mol. The Morgan fingerprint density at radius 3 is 3.00 bits per heavy atom. The largest absolute Gasteiger partial charge is 0.498 e. The Labute approximate surface area is 76.6 Å². The molecule has 0 unspecified atom stereocenters. The van der Waals surface area contributed by atoms with E-state index < -0.39 is 0 Å². The molecule has 0 aromatic carbocycles. The number of hydrogen-bond donors (Lipinski definition) is 0. The normalized spacial score (nSPS) is 9.00. The van der Waals surface area contributed by atoms with Gasteiger partial charge in [0.05, 0.1) is 18.0 Å². The molecule has 0 spiro atoms. The maximum absolute atomic E-state index is 9.78. The first-order valence-corrected chi connectivity index (χ1v) is 3.85. The Morgan fingerprint density at radius 2 is 2.31 bits per heavy atom. The van der Waals surface area contributed by atoms with Gasteiger partial charge in [-0.3, -0.25) is 4.98 Å². The fourth-order valence-electron chi connectivity index (χ4n) is 0.969. The van der Waals surface area contributed by atoms with Gasteiger partial charge in [0.25, 0.3) is 0 Å². The van der Waals surface area contributed by atoms with Gasteiger partial charge in [-0.15, -0.1) is 0 Å². The third kappa shape index (κ3) is 3.09. The Bertz CT molecular complexity index is 328. The summed E-state index contributed by atoms with van der Waals surface area (Å²) in [6.45, 7) is 0.475. The maximum Gasteiger partial charge on any atom is 0.304 e. The second-order valence-electron chi connectivity index (χ2n) is 2.48. The number of aromatic nitrogens is 1. The minimum Gasteiger partial charge on any atom is -0.498 e. The van der Waals surface area contributed by atoms with E-state index >= 15 is 0 Å². The van der Waals surface area contributed by atoms with Gasteiger partial charge in [-0.2, -0.15) is 0 Å². The van der Waals surface area contributed by atoms with Gasteiger partial charge in [-0.05, 0) is 12.1 Å². The van der Waals surface area contributed by atoms with E-state index in [9.17, 15) is 5.21 Å². The van der Waals surface area contributed by atoms with Crippen LogP contribution in [0.2, 0.25) is 0 Å². The predicted molar refractivity (Wildman–Crippen MR) is 49.3 cm³/mol. The Balaban J connectivity index is 2.71. The van der Waals surface area contributed by atoms with Crippen LogP contribution in [-0.4, -0.2) is 12.1 Å². The van der Waals surface area contributed by atoms with Crippen LogP contribution in [0.15, 0.2) is 18.2 Å². The number of hydrogen-bond acceptors (Lipinski definition) is 3. The minimum atomic E-state index is 0.348. The van der Waals surface area contributed by atoms with E-state index in [1.54, 1.807) is 7.11 Å². The molecule has 0 aliphatic rings. The zero-order valence-corrected chi connectivity index (χ0v) is 7.36. The Hall–Kier alpha value is -1.60. The third-order valence-electron chi connectivity index (χ3n) is 1.48. The average Bonchev–Trinajstić information content (AvgIpc) is 2.16. The standard InChI is InChI=1S/C9H10N2O2/c1-13-7-9-4-2-3-8(11-9)5-6-10-12/h2-4H,5,7H2,1H3. The van der Waals surface area contributed by atoms with E-state index in [2.05, 4.69) is 16.1 Å². The van der Waals surface area contributed by atoms with E-state index in [4.69, 9.17) is 4.74 Å². The van der Waals surface area contributed by atoms with Crippen LogP contribution in [0.4, 0.5) is 0 Å². The second kappa shape index (κ2) is 5.12. The van der Waals surface area contributed by atoms with E-state index in [-0.39, 0.29) is 0 Å². The van der Waals surface area contributed by atoms with Crippen LogP contribution in [0.3, 0.4) is 0 Å². The van der Waals surface area contributed by atoms with Gasteiger partial charge in [0.15, 0.2) is 0 Å². The lowest BCUT2D eigenvalue weighted by molar-refractivity contribution is 0.181. The lowest BCUT2D eigenvalue weighted by Gasteiger charge is -1.98. The zero-order chi connectivity index (χ0) is 9.52. The predicted octanol–water partition coefficient (Wildman–Crippen LogP) is 1.60. The molecule has 0 bridgehead atoms. The van der Waals surface area contributed by atoms with Crippen LogP contribution in [0.25, 0.3) is 5.01 Å². The first-order valence-electron chi connectivity index (χ1n) is 3.85. The molecule has 4 nitrogen and oxygen atoms in total. The van der Waals surface area contributed by atoms with Crippen molar-refractivity contribution in [2.75, 3.05) is 7.11 Å². The van der Waals surface area contributed by atoms with Gasteiger partial charge in [-0.25, -0.2) is 0 Å². The van der Waals surface area contributed by atoms with Crippen molar-refractivity contribution in [1.82, 2.24) is 4.98 Å². The molecule has 0 fully saturated rings. The molecule has 0 saturated carbocycles. The minimum absolute atomic E-state index is 0.348. The fourth-order valence-corrected chi connectivity index (χ4v) is 0.969. The zero-order valence-electron chi connectivity index (χ0n) is 7.36. The number of methoxy groups -OCH3 is 1. The smallest absolute Gasteiger partial charge is 0.304 e. The molecule has 1 rings (SSSR count). The molecule has 1 aromatic rings. The summed E-state index contributed by atoms with van der Waals surface area (Å²) in [6, 6.07) is 7.84. The number of rotatable bonds is 3. The topological polar surface area (TPSA) is 49.5 Å². The summed E-state index contributed by atoms with van der Waals surface area (Å²) < 4.78 is 4.92. The molecule has 0 atom stereocenters. The molecule has 4 heteroatoms. The summed E-state index contributed by atoms with van der Waals surface area (Å²) in [7, 11) is 1.61. The lowest BCUT2D eigenvalue weighted by Crippen LogP contribution is -1.95. The Kier molecular flexibility index (Phi) is 3.74. The molecule has 1 heterocycles. The molecule has 1 aromatic heterocycles. The van der Waals surface area contributed by atoms with E-state index in [0.717, 1.165) is 11.4 Å². The summed E-state index contributed by atoms with van der Waals surface area (Å²) in [5.41, 5.74) is 1.61. The van der Waals surface area contributed by atoms with Crippen molar-refractivity contribution >= 4 is 0 Å². The average molecular weight is 178 g/mol. The molecule has 0 N–H and O–H groups in total. The highest BCUT2D eigenvalue weighted by molar-refractivity contribution is 5.14. The van der Waals surface area contributed by atoms with Gasteiger partial charge in [0.2, 0.25) is 0 Å². The number of nitrogens with zero attached hydrogens (tertiary/aromatic N) is 2. The summed E-state index contributed by atoms with van der Waals surface area (Å²) in [6.07, 6.45) is 0.348. The molecule has 0 amide bonds. The summed E-state index contributed by atoms with van der Waals surface area (Å²) >= 11 is 0. The van der Waals surface area contributed by atoms with Crippen molar-refractivity contribution < 1.29 is 4.74 Å². The van der Waals surface area contributed by atoms with Crippen LogP contribution < -0.4 is 0 Å². The highest BCUT2D eigenvalue weighted by Crippen LogP contribution is 2.01. The Morgan fingerprint density at radius 1 is 1.54 bits per heavy atom. The van der Waals surface area contributed by atoms with Crippen LogP contribution in [0.1, 0.15) is 11.4 Å². The van der Waals surface area contributed by atoms with Crippen molar-refractivity contribution in [2.45, 2.75) is 13.0 Å². The third-order valence-corrected chi connectivity index (χ3v) is 1.48. The fraction of sp³-hybridized carbons (Fsp3) is 0.333. The van der Waals surface area contributed by atoms with E-state index in [1.165, 1.54) is 0 Å². The van der Waals surface area contributed by atoms with Crippen LogP contribution in [0, 0.1) is 11.3 Å². The summed E-state index contributed by atoms with van der Waals surface area (Å²) in [4.78, 5) is 4.21. The lowest BCUT2D eigenvalue weighted by atomic mass is 10.2. The van der Waals surface area contributed by atoms with Gasteiger partial charge < -0.3 is 9.94 Å². The van der Waals surface area contributed by atoms with Crippen LogP contribution >= 0.6 is 0 Å². The molecule has 13 heavy (non-hydrogen) atoms.